The molecule has 0 bridgehead atoms. The van der Waals surface area contributed by atoms with Gasteiger partial charge in [-0.2, -0.15) is 0 Å². The number of pyridine rings is 1. The van der Waals surface area contributed by atoms with E-state index in [0.717, 1.165) is 12.3 Å². The second kappa shape index (κ2) is 4.84. The smallest absolute Gasteiger partial charge is 0.277 e. The van der Waals surface area contributed by atoms with Gasteiger partial charge >= 0.3 is 0 Å². The molecule has 0 aliphatic rings. The Hall–Kier alpha value is -1.76. The summed E-state index contributed by atoms with van der Waals surface area (Å²) >= 11 is 0. The first-order chi connectivity index (χ1) is 7.46. The number of carbonyl (C=O) groups is 1. The van der Waals surface area contributed by atoms with Gasteiger partial charge in [0.1, 0.15) is 5.56 Å². The molecule has 0 unspecified atom stereocenters. The zero-order chi connectivity index (χ0) is 12.2. The number of hydrogen-bond donors (Lipinski definition) is 3. The van der Waals surface area contributed by atoms with E-state index >= 15 is 0 Å². The average Bonchev–Trinajstić information content (AvgIpc) is 2.27. The lowest BCUT2D eigenvalue weighted by Gasteiger charge is -2.14. The second-order valence-electron chi connectivity index (χ2n) is 3.17. The van der Waals surface area contributed by atoms with E-state index in [2.05, 4.69) is 4.98 Å². The van der Waals surface area contributed by atoms with Gasteiger partial charge in [0.2, 0.25) is 0 Å². The molecule has 0 radical (unpaired) electrons. The van der Waals surface area contributed by atoms with E-state index in [4.69, 9.17) is 5.73 Å². The Morgan fingerprint density at radius 3 is 2.81 bits per heavy atom. The highest BCUT2D eigenvalue weighted by Gasteiger charge is 2.27. The van der Waals surface area contributed by atoms with E-state index < -0.39 is 30.3 Å². The summed E-state index contributed by atoms with van der Waals surface area (Å²) in [7, 11) is 0. The van der Waals surface area contributed by atoms with E-state index in [9.17, 15) is 18.4 Å². The van der Waals surface area contributed by atoms with Gasteiger partial charge in [0, 0.05) is 18.5 Å². The molecule has 5 nitrogen and oxygen atoms in total. The van der Waals surface area contributed by atoms with Crippen molar-refractivity contribution in [2.24, 2.45) is 5.73 Å². The molecule has 88 valence electrons. The fourth-order valence-corrected chi connectivity index (χ4v) is 0.971. The van der Waals surface area contributed by atoms with Gasteiger partial charge in [0.05, 0.1) is 13.1 Å². The molecule has 4 N–H and O–H groups in total. The standard InChI is InChI=1S/C9H11F2N3O2/c10-9(11,4-12)5-14-8(16)6-3-13-2-1-7(6)15/h1-3H,4-5,12H2,(H,13,15)(H,14,16). The monoisotopic (exact) mass is 231 g/mol. The van der Waals surface area contributed by atoms with E-state index in [0.29, 0.717) is 0 Å². The van der Waals surface area contributed by atoms with Gasteiger partial charge < -0.3 is 16.0 Å². The number of carbonyl (C=O) groups excluding carboxylic acids is 1. The first-order valence-electron chi connectivity index (χ1n) is 4.49. The number of aromatic amines is 1. The molecule has 1 rings (SSSR count). The molecule has 0 saturated heterocycles. The molecule has 0 saturated carbocycles. The summed E-state index contributed by atoms with van der Waals surface area (Å²) in [5, 5.41) is 1.94. The van der Waals surface area contributed by atoms with Crippen LogP contribution in [0.25, 0.3) is 0 Å². The van der Waals surface area contributed by atoms with Crippen molar-refractivity contribution in [1.82, 2.24) is 10.3 Å². The lowest BCUT2D eigenvalue weighted by Crippen LogP contribution is -2.42. The Morgan fingerprint density at radius 2 is 2.25 bits per heavy atom. The minimum absolute atomic E-state index is 0.213. The maximum atomic E-state index is 12.7. The fraction of sp³-hybridized carbons (Fsp3) is 0.333. The third-order valence-electron chi connectivity index (χ3n) is 1.87. The van der Waals surface area contributed by atoms with E-state index in [1.54, 1.807) is 0 Å². The molecule has 7 heteroatoms. The predicted molar refractivity (Wildman–Crippen MR) is 53.4 cm³/mol. The van der Waals surface area contributed by atoms with E-state index in [-0.39, 0.29) is 5.56 Å². The maximum Gasteiger partial charge on any atom is 0.277 e. The molecule has 0 aliphatic carbocycles. The topological polar surface area (TPSA) is 88.0 Å². The number of hydrogen-bond acceptors (Lipinski definition) is 3. The highest BCUT2D eigenvalue weighted by Crippen LogP contribution is 2.08. The van der Waals surface area contributed by atoms with Crippen molar-refractivity contribution in [3.8, 4) is 0 Å². The van der Waals surface area contributed by atoms with Crippen molar-refractivity contribution in [1.29, 1.82) is 0 Å². The van der Waals surface area contributed by atoms with Crippen LogP contribution < -0.4 is 16.5 Å². The molecule has 1 heterocycles. The van der Waals surface area contributed by atoms with Crippen LogP contribution in [0.5, 0.6) is 0 Å². The summed E-state index contributed by atoms with van der Waals surface area (Å²) in [4.78, 5) is 25.0. The van der Waals surface area contributed by atoms with Crippen molar-refractivity contribution >= 4 is 5.91 Å². The summed E-state index contributed by atoms with van der Waals surface area (Å²) in [5.41, 5.74) is 4.04. The Bertz CT molecular complexity index is 431. The first-order valence-corrected chi connectivity index (χ1v) is 4.49. The second-order valence-corrected chi connectivity index (χ2v) is 3.17. The quantitative estimate of drug-likeness (QED) is 0.664. The van der Waals surface area contributed by atoms with Crippen molar-refractivity contribution < 1.29 is 13.6 Å². The summed E-state index contributed by atoms with van der Waals surface area (Å²) in [6.07, 6.45) is 2.49. The summed E-state index contributed by atoms with van der Waals surface area (Å²) in [5.74, 6) is -4.02. The third-order valence-corrected chi connectivity index (χ3v) is 1.87. The number of halogens is 2. The predicted octanol–water partition coefficient (Wildman–Crippen LogP) is -0.301. The number of nitrogens with one attached hydrogen (secondary N) is 2. The van der Waals surface area contributed by atoms with Crippen LogP contribution in [-0.2, 0) is 0 Å². The molecule has 0 atom stereocenters. The molecule has 1 amide bonds. The van der Waals surface area contributed by atoms with Crippen LogP contribution >= 0.6 is 0 Å². The van der Waals surface area contributed by atoms with Crippen molar-refractivity contribution in [2.45, 2.75) is 5.92 Å². The molecule has 1 aromatic rings. The van der Waals surface area contributed by atoms with Crippen LogP contribution in [0.3, 0.4) is 0 Å². The van der Waals surface area contributed by atoms with Gasteiger partial charge in [-0.05, 0) is 0 Å². The average molecular weight is 231 g/mol. The minimum atomic E-state index is -3.17. The van der Waals surface area contributed by atoms with Gasteiger partial charge in [-0.1, -0.05) is 0 Å². The number of amides is 1. The number of rotatable bonds is 4. The van der Waals surface area contributed by atoms with Gasteiger partial charge in [0.15, 0.2) is 5.43 Å². The van der Waals surface area contributed by atoms with Crippen molar-refractivity contribution in [3.63, 3.8) is 0 Å². The Balaban J connectivity index is 2.68. The van der Waals surface area contributed by atoms with Crippen LogP contribution in [-0.4, -0.2) is 29.9 Å². The van der Waals surface area contributed by atoms with Gasteiger partial charge in [-0.15, -0.1) is 0 Å². The minimum Gasteiger partial charge on any atom is -0.367 e. The molecule has 1 aromatic heterocycles. The molecule has 0 spiro atoms. The fourth-order valence-electron chi connectivity index (χ4n) is 0.971. The molecule has 0 aromatic carbocycles. The van der Waals surface area contributed by atoms with Gasteiger partial charge in [-0.3, -0.25) is 9.59 Å². The first kappa shape index (κ1) is 12.3. The highest BCUT2D eigenvalue weighted by atomic mass is 19.3. The Labute approximate surface area is 89.7 Å². The molecule has 16 heavy (non-hydrogen) atoms. The zero-order valence-corrected chi connectivity index (χ0v) is 8.30. The van der Waals surface area contributed by atoms with Gasteiger partial charge in [-0.25, -0.2) is 8.78 Å². The molecule has 0 fully saturated rings. The normalized spacial score (nSPS) is 11.2. The van der Waals surface area contributed by atoms with Crippen molar-refractivity contribution in [2.75, 3.05) is 13.1 Å². The van der Waals surface area contributed by atoms with Crippen LogP contribution in [0, 0.1) is 0 Å². The molecular formula is C9H11F2N3O2. The molecular weight excluding hydrogens is 220 g/mol. The summed E-state index contributed by atoms with van der Waals surface area (Å²) in [6.45, 7) is -1.75. The van der Waals surface area contributed by atoms with Crippen LogP contribution in [0.4, 0.5) is 8.78 Å². The summed E-state index contributed by atoms with van der Waals surface area (Å²) in [6, 6.07) is 1.13. The van der Waals surface area contributed by atoms with Gasteiger partial charge in [0.25, 0.3) is 11.8 Å². The number of aromatic nitrogens is 1. The molecule has 0 aliphatic heterocycles. The number of H-pyrrole nitrogens is 1. The Morgan fingerprint density at radius 1 is 1.56 bits per heavy atom. The maximum absolute atomic E-state index is 12.7. The van der Waals surface area contributed by atoms with Crippen molar-refractivity contribution in [3.05, 3.63) is 34.2 Å². The largest absolute Gasteiger partial charge is 0.367 e. The van der Waals surface area contributed by atoms with Crippen LogP contribution in [0.2, 0.25) is 0 Å². The van der Waals surface area contributed by atoms with Crippen LogP contribution in [0.15, 0.2) is 23.3 Å². The summed E-state index contributed by atoms with van der Waals surface area (Å²) < 4.78 is 25.4. The van der Waals surface area contributed by atoms with Crippen LogP contribution in [0.1, 0.15) is 10.4 Å². The van der Waals surface area contributed by atoms with E-state index in [1.807, 2.05) is 5.32 Å². The van der Waals surface area contributed by atoms with E-state index in [1.165, 1.54) is 6.20 Å². The highest BCUT2D eigenvalue weighted by molar-refractivity contribution is 5.93. The number of alkyl halides is 2. The number of nitrogens with two attached hydrogens (primary N) is 1. The Kier molecular flexibility index (Phi) is 3.73. The third kappa shape index (κ3) is 3.13. The SMILES string of the molecule is NCC(F)(F)CNC(=O)c1c[nH]ccc1=O. The zero-order valence-electron chi connectivity index (χ0n) is 8.30. The lowest BCUT2D eigenvalue weighted by molar-refractivity contribution is 0.0118. The lowest BCUT2D eigenvalue weighted by atomic mass is 10.2.